The normalized spacial score (nSPS) is 17.8. The van der Waals surface area contributed by atoms with Crippen molar-refractivity contribution < 1.29 is 18.7 Å². The number of amides is 2. The van der Waals surface area contributed by atoms with Gasteiger partial charge in [0.05, 0.1) is 13.2 Å². The monoisotopic (exact) mass is 360 g/mol. The van der Waals surface area contributed by atoms with Gasteiger partial charge in [0.1, 0.15) is 5.82 Å². The van der Waals surface area contributed by atoms with Crippen molar-refractivity contribution in [3.05, 3.63) is 53.2 Å². The van der Waals surface area contributed by atoms with E-state index < -0.39 is 12.0 Å². The number of nitrogens with zero attached hydrogens (tertiary/aromatic N) is 1. The molecule has 0 aliphatic carbocycles. The van der Waals surface area contributed by atoms with Gasteiger partial charge in [0, 0.05) is 27.9 Å². The highest BCUT2D eigenvalue weighted by molar-refractivity contribution is 7.16. The molecule has 7 heteroatoms. The summed E-state index contributed by atoms with van der Waals surface area (Å²) < 4.78 is 19.0. The fraction of sp³-hybridized carbons (Fsp3) is 0.222. The second-order valence-electron chi connectivity index (χ2n) is 5.56. The SMILES string of the molecule is NC(=O)C1CN(C(=O)C=Cc2ccc(-c3ccccc3F)s2)CCO1. The summed E-state index contributed by atoms with van der Waals surface area (Å²) in [4.78, 5) is 26.6. The molecule has 0 saturated carbocycles. The van der Waals surface area contributed by atoms with Gasteiger partial charge in [-0.25, -0.2) is 4.39 Å². The van der Waals surface area contributed by atoms with Gasteiger partial charge >= 0.3 is 0 Å². The Hall–Kier alpha value is -2.51. The van der Waals surface area contributed by atoms with E-state index in [0.29, 0.717) is 12.1 Å². The van der Waals surface area contributed by atoms with Crippen LogP contribution in [0.4, 0.5) is 4.39 Å². The Morgan fingerprint density at radius 2 is 2.08 bits per heavy atom. The van der Waals surface area contributed by atoms with E-state index in [1.807, 2.05) is 12.1 Å². The molecule has 1 saturated heterocycles. The summed E-state index contributed by atoms with van der Waals surface area (Å²) in [5.74, 6) is -1.06. The summed E-state index contributed by atoms with van der Waals surface area (Å²) in [6.45, 7) is 0.852. The first-order valence-electron chi connectivity index (χ1n) is 7.77. The summed E-state index contributed by atoms with van der Waals surface area (Å²) in [5.41, 5.74) is 5.75. The molecule has 25 heavy (non-hydrogen) atoms. The lowest BCUT2D eigenvalue weighted by Gasteiger charge is -2.30. The fourth-order valence-electron chi connectivity index (χ4n) is 2.53. The Morgan fingerprint density at radius 1 is 1.28 bits per heavy atom. The molecule has 130 valence electrons. The zero-order valence-electron chi connectivity index (χ0n) is 13.4. The van der Waals surface area contributed by atoms with Crippen LogP contribution in [0.15, 0.2) is 42.5 Å². The number of carbonyl (C=O) groups is 2. The van der Waals surface area contributed by atoms with Crippen LogP contribution in [0.5, 0.6) is 0 Å². The first kappa shape index (κ1) is 17.3. The van der Waals surface area contributed by atoms with Crippen LogP contribution in [0.3, 0.4) is 0 Å². The quantitative estimate of drug-likeness (QED) is 0.850. The summed E-state index contributed by atoms with van der Waals surface area (Å²) in [5, 5.41) is 0. The Kier molecular flexibility index (Phi) is 5.25. The van der Waals surface area contributed by atoms with Crippen LogP contribution >= 0.6 is 11.3 Å². The maximum atomic E-state index is 13.8. The van der Waals surface area contributed by atoms with Crippen LogP contribution < -0.4 is 5.73 Å². The molecule has 0 spiro atoms. The molecule has 0 radical (unpaired) electrons. The van der Waals surface area contributed by atoms with Crippen molar-refractivity contribution in [3.8, 4) is 10.4 Å². The molecule has 2 aromatic rings. The van der Waals surface area contributed by atoms with Crippen molar-refractivity contribution in [1.29, 1.82) is 0 Å². The average molecular weight is 360 g/mol. The highest BCUT2D eigenvalue weighted by Crippen LogP contribution is 2.30. The minimum Gasteiger partial charge on any atom is -0.367 e. The number of nitrogens with two attached hydrogens (primary N) is 1. The van der Waals surface area contributed by atoms with Gasteiger partial charge in [-0.05, 0) is 24.3 Å². The van der Waals surface area contributed by atoms with Gasteiger partial charge in [-0.2, -0.15) is 0 Å². The zero-order valence-corrected chi connectivity index (χ0v) is 14.2. The molecular formula is C18H17FN2O3S. The third-order valence-corrected chi connectivity index (χ3v) is 4.94. The number of ether oxygens (including phenoxy) is 1. The largest absolute Gasteiger partial charge is 0.367 e. The maximum Gasteiger partial charge on any atom is 0.248 e. The molecule has 2 amide bonds. The van der Waals surface area contributed by atoms with Crippen molar-refractivity contribution in [3.63, 3.8) is 0 Å². The van der Waals surface area contributed by atoms with Crippen LogP contribution in [0.2, 0.25) is 0 Å². The van der Waals surface area contributed by atoms with Crippen LogP contribution in [-0.4, -0.2) is 42.5 Å². The van der Waals surface area contributed by atoms with E-state index in [-0.39, 0.29) is 24.9 Å². The number of morpholine rings is 1. The molecule has 1 aliphatic rings. The standard InChI is InChI=1S/C18H17FN2O3S/c19-14-4-2-1-3-13(14)16-7-5-12(25-16)6-8-17(22)21-9-10-24-15(11-21)18(20)23/h1-8,15H,9-11H2,(H2,20,23). The highest BCUT2D eigenvalue weighted by atomic mass is 32.1. The van der Waals surface area contributed by atoms with E-state index >= 15 is 0 Å². The number of halogens is 1. The smallest absolute Gasteiger partial charge is 0.248 e. The molecular weight excluding hydrogens is 343 g/mol. The van der Waals surface area contributed by atoms with Gasteiger partial charge in [0.25, 0.3) is 0 Å². The van der Waals surface area contributed by atoms with Gasteiger partial charge in [0.15, 0.2) is 6.10 Å². The number of benzene rings is 1. The van der Waals surface area contributed by atoms with Crippen LogP contribution in [-0.2, 0) is 14.3 Å². The van der Waals surface area contributed by atoms with Crippen LogP contribution in [0.1, 0.15) is 4.88 Å². The third-order valence-electron chi connectivity index (χ3n) is 3.85. The van der Waals surface area contributed by atoms with Gasteiger partial charge in [-0.1, -0.05) is 18.2 Å². The summed E-state index contributed by atoms with van der Waals surface area (Å²) in [6, 6.07) is 10.2. The number of primary amides is 1. The summed E-state index contributed by atoms with van der Waals surface area (Å²) in [7, 11) is 0. The molecule has 2 heterocycles. The minimum absolute atomic E-state index is 0.156. The zero-order chi connectivity index (χ0) is 17.8. The van der Waals surface area contributed by atoms with Crippen molar-refractivity contribution in [2.45, 2.75) is 6.10 Å². The molecule has 2 N–H and O–H groups in total. The predicted molar refractivity (Wildman–Crippen MR) is 94.3 cm³/mol. The van der Waals surface area contributed by atoms with Crippen LogP contribution in [0, 0.1) is 5.82 Å². The van der Waals surface area contributed by atoms with Gasteiger partial charge < -0.3 is 15.4 Å². The number of rotatable bonds is 4. The molecule has 1 aliphatic heterocycles. The summed E-state index contributed by atoms with van der Waals surface area (Å²) in [6.07, 6.45) is 2.37. The van der Waals surface area contributed by atoms with E-state index in [4.69, 9.17) is 10.5 Å². The van der Waals surface area contributed by atoms with Crippen molar-refractivity contribution in [2.75, 3.05) is 19.7 Å². The molecule has 1 fully saturated rings. The predicted octanol–water partition coefficient (Wildman–Crippen LogP) is 2.28. The van der Waals surface area contributed by atoms with Crippen molar-refractivity contribution in [1.82, 2.24) is 4.90 Å². The van der Waals surface area contributed by atoms with Gasteiger partial charge in [-0.15, -0.1) is 11.3 Å². The van der Waals surface area contributed by atoms with E-state index in [1.165, 1.54) is 28.4 Å². The summed E-state index contributed by atoms with van der Waals surface area (Å²) >= 11 is 1.40. The number of hydrogen-bond acceptors (Lipinski definition) is 4. The van der Waals surface area contributed by atoms with E-state index in [1.54, 1.807) is 24.3 Å². The van der Waals surface area contributed by atoms with Crippen molar-refractivity contribution in [2.24, 2.45) is 5.73 Å². The Morgan fingerprint density at radius 3 is 2.84 bits per heavy atom. The molecule has 1 aromatic heterocycles. The lowest BCUT2D eigenvalue weighted by atomic mass is 10.2. The molecule has 0 bridgehead atoms. The third kappa shape index (κ3) is 4.12. The Bertz CT molecular complexity index is 818. The molecule has 1 atom stereocenters. The molecule has 1 aromatic carbocycles. The van der Waals surface area contributed by atoms with Crippen molar-refractivity contribution >= 4 is 29.2 Å². The van der Waals surface area contributed by atoms with E-state index in [2.05, 4.69) is 0 Å². The Balaban J connectivity index is 1.67. The first-order valence-corrected chi connectivity index (χ1v) is 8.59. The maximum absolute atomic E-state index is 13.8. The minimum atomic E-state index is -0.763. The first-order chi connectivity index (χ1) is 12.0. The molecule has 3 rings (SSSR count). The number of hydrogen-bond donors (Lipinski definition) is 1. The molecule has 5 nitrogen and oxygen atoms in total. The highest BCUT2D eigenvalue weighted by Gasteiger charge is 2.26. The van der Waals surface area contributed by atoms with Gasteiger partial charge in [-0.3, -0.25) is 9.59 Å². The second-order valence-corrected chi connectivity index (χ2v) is 6.68. The second kappa shape index (κ2) is 7.58. The average Bonchev–Trinajstić information content (AvgIpc) is 3.09. The number of carbonyl (C=O) groups excluding carboxylic acids is 2. The van der Waals surface area contributed by atoms with Gasteiger partial charge in [0.2, 0.25) is 11.8 Å². The molecule has 1 unspecified atom stereocenters. The fourth-order valence-corrected chi connectivity index (χ4v) is 3.47. The topological polar surface area (TPSA) is 72.6 Å². The van der Waals surface area contributed by atoms with Crippen LogP contribution in [0.25, 0.3) is 16.5 Å². The van der Waals surface area contributed by atoms with E-state index in [9.17, 15) is 14.0 Å². The number of thiophene rings is 1. The lowest BCUT2D eigenvalue weighted by Crippen LogP contribution is -2.50. The Labute approximate surface area is 148 Å². The lowest BCUT2D eigenvalue weighted by molar-refractivity contribution is -0.142. The van der Waals surface area contributed by atoms with E-state index in [0.717, 1.165) is 9.75 Å².